The first-order chi connectivity index (χ1) is 6.94. The molecular formula is C13H27OP. The van der Waals surface area contributed by atoms with Crippen molar-refractivity contribution in [3.05, 3.63) is 0 Å². The Morgan fingerprint density at radius 2 is 1.40 bits per heavy atom. The lowest BCUT2D eigenvalue weighted by molar-refractivity contribution is 0.543. The maximum Gasteiger partial charge on any atom is 0.0911 e. The van der Waals surface area contributed by atoms with E-state index in [1.807, 2.05) is 0 Å². The van der Waals surface area contributed by atoms with E-state index in [0.717, 1.165) is 12.3 Å². The minimum absolute atomic E-state index is 0.572. The molecule has 1 rings (SSSR count). The molecule has 0 radical (unpaired) electrons. The van der Waals surface area contributed by atoms with Gasteiger partial charge in [-0.1, -0.05) is 40.5 Å². The summed E-state index contributed by atoms with van der Waals surface area (Å²) in [5, 5.41) is 0. The van der Waals surface area contributed by atoms with Gasteiger partial charge in [-0.3, -0.25) is 0 Å². The Kier molecular flexibility index (Phi) is 4.90. The van der Waals surface area contributed by atoms with Gasteiger partial charge in [0.15, 0.2) is 0 Å². The fraction of sp³-hybridized carbons (Fsp3) is 1.00. The van der Waals surface area contributed by atoms with Crippen LogP contribution in [-0.2, 0) is 4.57 Å². The molecule has 0 bridgehead atoms. The molecule has 0 heterocycles. The van der Waals surface area contributed by atoms with Crippen molar-refractivity contribution < 1.29 is 4.57 Å². The molecule has 0 spiro atoms. The molecule has 0 unspecified atom stereocenters. The fourth-order valence-electron chi connectivity index (χ4n) is 2.98. The lowest BCUT2D eigenvalue weighted by atomic mass is 10.3. The van der Waals surface area contributed by atoms with Crippen molar-refractivity contribution in [2.75, 3.05) is 12.3 Å². The van der Waals surface area contributed by atoms with E-state index in [2.05, 4.69) is 27.7 Å². The number of hydrogen-bond acceptors (Lipinski definition) is 1. The van der Waals surface area contributed by atoms with Crippen molar-refractivity contribution in [2.45, 2.75) is 59.0 Å². The Hall–Kier alpha value is 0.230. The molecule has 90 valence electrons. The molecular weight excluding hydrogens is 203 g/mol. The molecule has 0 aliphatic heterocycles. The zero-order valence-electron chi connectivity index (χ0n) is 10.8. The van der Waals surface area contributed by atoms with Crippen LogP contribution >= 0.6 is 7.14 Å². The second-order valence-corrected chi connectivity index (χ2v) is 9.41. The molecule has 2 heteroatoms. The van der Waals surface area contributed by atoms with Gasteiger partial charge >= 0.3 is 0 Å². The minimum atomic E-state index is -1.88. The predicted octanol–water partition coefficient (Wildman–Crippen LogP) is 4.60. The van der Waals surface area contributed by atoms with Gasteiger partial charge in [0.25, 0.3) is 0 Å². The van der Waals surface area contributed by atoms with Crippen LogP contribution in [-0.4, -0.2) is 18.0 Å². The van der Waals surface area contributed by atoms with Crippen molar-refractivity contribution in [3.63, 3.8) is 0 Å². The average molecular weight is 230 g/mol. The highest BCUT2D eigenvalue weighted by Crippen LogP contribution is 2.58. The second-order valence-electron chi connectivity index (χ2n) is 6.04. The van der Waals surface area contributed by atoms with E-state index in [1.165, 1.54) is 25.7 Å². The number of rotatable bonds is 5. The van der Waals surface area contributed by atoms with E-state index in [4.69, 9.17) is 0 Å². The molecule has 0 aromatic carbocycles. The predicted molar refractivity (Wildman–Crippen MR) is 69.3 cm³/mol. The SMILES string of the molecule is CC(C)CP(=O)(CC(C)C)C1CCCC1. The summed E-state index contributed by atoms with van der Waals surface area (Å²) in [4.78, 5) is 0. The van der Waals surface area contributed by atoms with Crippen LogP contribution in [0.15, 0.2) is 0 Å². The third-order valence-electron chi connectivity index (χ3n) is 3.34. The van der Waals surface area contributed by atoms with Crippen LogP contribution in [0.3, 0.4) is 0 Å². The molecule has 1 nitrogen and oxygen atoms in total. The summed E-state index contributed by atoms with van der Waals surface area (Å²) in [6.45, 7) is 8.84. The van der Waals surface area contributed by atoms with Crippen molar-refractivity contribution in [3.8, 4) is 0 Å². The van der Waals surface area contributed by atoms with Crippen LogP contribution < -0.4 is 0 Å². The van der Waals surface area contributed by atoms with Gasteiger partial charge in [0.05, 0.1) is 7.14 Å². The largest absolute Gasteiger partial charge is 0.323 e. The van der Waals surface area contributed by atoms with Crippen molar-refractivity contribution in [1.29, 1.82) is 0 Å². The first-order valence-corrected chi connectivity index (χ1v) is 8.66. The topological polar surface area (TPSA) is 17.1 Å². The van der Waals surface area contributed by atoms with Crippen molar-refractivity contribution in [1.82, 2.24) is 0 Å². The maximum absolute atomic E-state index is 13.0. The minimum Gasteiger partial charge on any atom is -0.323 e. The molecule has 0 amide bonds. The summed E-state index contributed by atoms with van der Waals surface area (Å²) in [6, 6.07) is 0. The third kappa shape index (κ3) is 3.94. The van der Waals surface area contributed by atoms with Crippen LogP contribution in [0.1, 0.15) is 53.4 Å². The zero-order chi connectivity index (χ0) is 11.5. The standard InChI is InChI=1S/C13H27OP/c1-11(2)9-15(14,10-12(3)4)13-7-5-6-8-13/h11-13H,5-10H2,1-4H3. The van der Waals surface area contributed by atoms with Crippen LogP contribution in [0.2, 0.25) is 0 Å². The van der Waals surface area contributed by atoms with Crippen LogP contribution in [0.5, 0.6) is 0 Å². The highest BCUT2D eigenvalue weighted by Gasteiger charge is 2.35. The molecule has 1 fully saturated rings. The summed E-state index contributed by atoms with van der Waals surface area (Å²) in [5.74, 6) is 1.19. The van der Waals surface area contributed by atoms with Gasteiger partial charge in [0.1, 0.15) is 0 Å². The van der Waals surface area contributed by atoms with Gasteiger partial charge in [0.2, 0.25) is 0 Å². The lowest BCUT2D eigenvalue weighted by Crippen LogP contribution is -2.15. The Morgan fingerprint density at radius 1 is 1.00 bits per heavy atom. The van der Waals surface area contributed by atoms with Crippen molar-refractivity contribution >= 4 is 7.14 Å². The molecule has 1 aliphatic carbocycles. The molecule has 0 aromatic rings. The highest BCUT2D eigenvalue weighted by atomic mass is 31.2. The zero-order valence-corrected chi connectivity index (χ0v) is 11.7. The first kappa shape index (κ1) is 13.3. The van der Waals surface area contributed by atoms with E-state index in [9.17, 15) is 4.57 Å². The normalized spacial score (nSPS) is 19.3. The smallest absolute Gasteiger partial charge is 0.0911 e. The summed E-state index contributed by atoms with van der Waals surface area (Å²) in [7, 11) is -1.88. The van der Waals surface area contributed by atoms with E-state index in [1.54, 1.807) is 0 Å². The number of hydrogen-bond donors (Lipinski definition) is 0. The Balaban J connectivity index is 2.70. The Labute approximate surface area is 95.4 Å². The molecule has 0 N–H and O–H groups in total. The average Bonchev–Trinajstić information content (AvgIpc) is 2.51. The van der Waals surface area contributed by atoms with E-state index in [0.29, 0.717) is 17.5 Å². The fourth-order valence-corrected chi connectivity index (χ4v) is 7.51. The van der Waals surface area contributed by atoms with Crippen LogP contribution in [0.25, 0.3) is 0 Å². The molecule has 15 heavy (non-hydrogen) atoms. The van der Waals surface area contributed by atoms with Gasteiger partial charge in [0, 0.05) is 18.0 Å². The monoisotopic (exact) mass is 230 g/mol. The van der Waals surface area contributed by atoms with Crippen molar-refractivity contribution in [2.24, 2.45) is 11.8 Å². The van der Waals surface area contributed by atoms with E-state index < -0.39 is 7.14 Å². The van der Waals surface area contributed by atoms with Crippen LogP contribution in [0, 0.1) is 11.8 Å². The quantitative estimate of drug-likeness (QED) is 0.631. The highest BCUT2D eigenvalue weighted by molar-refractivity contribution is 7.64. The molecule has 1 aliphatic rings. The van der Waals surface area contributed by atoms with E-state index >= 15 is 0 Å². The van der Waals surface area contributed by atoms with Gasteiger partial charge in [-0.25, -0.2) is 0 Å². The molecule has 0 atom stereocenters. The summed E-state index contributed by atoms with van der Waals surface area (Å²) in [5.41, 5.74) is 0.572. The molecule has 0 saturated heterocycles. The summed E-state index contributed by atoms with van der Waals surface area (Å²) < 4.78 is 13.0. The van der Waals surface area contributed by atoms with Gasteiger partial charge in [-0.2, -0.15) is 0 Å². The van der Waals surface area contributed by atoms with Gasteiger partial charge in [-0.05, 0) is 24.7 Å². The third-order valence-corrected chi connectivity index (χ3v) is 7.88. The van der Waals surface area contributed by atoms with Crippen LogP contribution in [0.4, 0.5) is 0 Å². The van der Waals surface area contributed by atoms with Gasteiger partial charge < -0.3 is 4.57 Å². The van der Waals surface area contributed by atoms with Gasteiger partial charge in [-0.15, -0.1) is 0 Å². The molecule has 0 aromatic heterocycles. The van der Waals surface area contributed by atoms with E-state index in [-0.39, 0.29) is 0 Å². The summed E-state index contributed by atoms with van der Waals surface area (Å²) >= 11 is 0. The second kappa shape index (κ2) is 5.53. The summed E-state index contributed by atoms with van der Waals surface area (Å²) in [6.07, 6.45) is 7.05. The Bertz CT molecular complexity index is 213. The molecule has 1 saturated carbocycles. The Morgan fingerprint density at radius 3 is 1.73 bits per heavy atom. The lowest BCUT2D eigenvalue weighted by Gasteiger charge is -2.27. The maximum atomic E-state index is 13.0. The first-order valence-electron chi connectivity index (χ1n) is 6.52.